The molecule has 0 radical (unpaired) electrons. The second-order valence-electron chi connectivity index (χ2n) is 8.56. The Kier molecular flexibility index (Phi) is 4.99. The molecule has 1 atom stereocenters. The van der Waals surface area contributed by atoms with Crippen molar-refractivity contribution in [3.8, 4) is 0 Å². The highest BCUT2D eigenvalue weighted by Gasteiger charge is 2.46. The Morgan fingerprint density at radius 2 is 1.87 bits per heavy atom. The highest BCUT2D eigenvalue weighted by Crippen LogP contribution is 2.50. The van der Waals surface area contributed by atoms with E-state index < -0.39 is 0 Å². The van der Waals surface area contributed by atoms with Gasteiger partial charge in [0.25, 0.3) is 0 Å². The molecule has 1 spiro atoms. The summed E-state index contributed by atoms with van der Waals surface area (Å²) in [6.45, 7) is 6.21. The molecule has 0 saturated carbocycles. The highest BCUT2D eigenvalue weighted by atomic mass is 32.2. The zero-order valence-corrected chi connectivity index (χ0v) is 18.3. The first kappa shape index (κ1) is 19.5. The van der Waals surface area contributed by atoms with Crippen LogP contribution in [0.2, 0.25) is 0 Å². The van der Waals surface area contributed by atoms with Gasteiger partial charge >= 0.3 is 0 Å². The Morgan fingerprint density at radius 1 is 1.03 bits per heavy atom. The van der Waals surface area contributed by atoms with Crippen molar-refractivity contribution in [2.75, 3.05) is 18.0 Å². The minimum Gasteiger partial charge on any atom is -0.355 e. The molecule has 30 heavy (non-hydrogen) atoms. The first-order valence-electron chi connectivity index (χ1n) is 10.6. The van der Waals surface area contributed by atoms with Crippen LogP contribution in [0, 0.1) is 19.3 Å². The van der Waals surface area contributed by atoms with Crippen LogP contribution in [0.4, 0.5) is 5.82 Å². The van der Waals surface area contributed by atoms with Crippen LogP contribution in [0.15, 0.2) is 58.8 Å². The fourth-order valence-electron chi connectivity index (χ4n) is 4.80. The lowest BCUT2D eigenvalue weighted by atomic mass is 9.73. The summed E-state index contributed by atoms with van der Waals surface area (Å²) in [7, 11) is 0. The summed E-state index contributed by atoms with van der Waals surface area (Å²) in [5.41, 5.74) is 11.8. The first-order chi connectivity index (χ1) is 14.6. The van der Waals surface area contributed by atoms with Crippen LogP contribution in [-0.4, -0.2) is 28.0 Å². The second kappa shape index (κ2) is 7.67. The lowest BCUT2D eigenvalue weighted by Crippen LogP contribution is -2.44. The van der Waals surface area contributed by atoms with Crippen molar-refractivity contribution in [2.24, 2.45) is 11.1 Å². The van der Waals surface area contributed by atoms with Crippen LogP contribution in [0.3, 0.4) is 0 Å². The number of rotatable bonds is 3. The van der Waals surface area contributed by atoms with Crippen LogP contribution >= 0.6 is 11.8 Å². The van der Waals surface area contributed by atoms with Crippen molar-refractivity contribution in [1.82, 2.24) is 15.0 Å². The minimum atomic E-state index is 0.0887. The Labute approximate surface area is 182 Å². The molecule has 1 aliphatic carbocycles. The van der Waals surface area contributed by atoms with Crippen LogP contribution in [-0.2, 0) is 6.42 Å². The van der Waals surface area contributed by atoms with E-state index in [1.54, 1.807) is 11.8 Å². The second-order valence-corrected chi connectivity index (χ2v) is 9.62. The zero-order chi connectivity index (χ0) is 20.7. The molecule has 1 saturated heterocycles. The molecular formula is C24H27N5S. The van der Waals surface area contributed by atoms with E-state index in [-0.39, 0.29) is 11.5 Å². The van der Waals surface area contributed by atoms with E-state index in [4.69, 9.17) is 10.7 Å². The van der Waals surface area contributed by atoms with Crippen LogP contribution in [0.5, 0.6) is 0 Å². The fraction of sp³-hybridized carbons (Fsp3) is 0.375. The number of piperidine rings is 1. The van der Waals surface area contributed by atoms with Gasteiger partial charge in [0, 0.05) is 35.9 Å². The molecule has 6 heteroatoms. The van der Waals surface area contributed by atoms with Crippen LogP contribution < -0.4 is 10.6 Å². The van der Waals surface area contributed by atoms with Crippen molar-refractivity contribution in [2.45, 2.75) is 49.1 Å². The monoisotopic (exact) mass is 417 g/mol. The molecule has 2 aliphatic rings. The lowest BCUT2D eigenvalue weighted by Gasteiger charge is -2.42. The van der Waals surface area contributed by atoms with E-state index in [0.29, 0.717) is 0 Å². The number of aryl methyl sites for hydroxylation is 1. The number of benzene rings is 1. The summed E-state index contributed by atoms with van der Waals surface area (Å²) in [5, 5.41) is 0.931. The van der Waals surface area contributed by atoms with Gasteiger partial charge in [-0.2, -0.15) is 0 Å². The number of fused-ring (bicyclic) bond motifs is 1. The molecule has 2 aromatic heterocycles. The molecule has 1 fully saturated rings. The number of nitrogens with two attached hydrogens (primary N) is 1. The Morgan fingerprint density at radius 3 is 2.60 bits per heavy atom. The molecule has 1 aliphatic heterocycles. The van der Waals surface area contributed by atoms with Gasteiger partial charge in [0.1, 0.15) is 10.8 Å². The Balaban J connectivity index is 1.26. The van der Waals surface area contributed by atoms with E-state index in [1.165, 1.54) is 27.3 Å². The summed E-state index contributed by atoms with van der Waals surface area (Å²) in [6.07, 6.45) is 8.81. The van der Waals surface area contributed by atoms with E-state index in [9.17, 15) is 0 Å². The van der Waals surface area contributed by atoms with Crippen LogP contribution in [0.1, 0.15) is 41.3 Å². The Bertz CT molecular complexity index is 1060. The quantitative estimate of drug-likeness (QED) is 0.678. The van der Waals surface area contributed by atoms with Gasteiger partial charge in [0.05, 0.1) is 12.4 Å². The number of hydrogen-bond donors (Lipinski definition) is 1. The largest absolute Gasteiger partial charge is 0.355 e. The van der Waals surface area contributed by atoms with Gasteiger partial charge in [-0.05, 0) is 67.3 Å². The summed E-state index contributed by atoms with van der Waals surface area (Å²) in [5.74, 6) is 0.956. The molecule has 3 heterocycles. The van der Waals surface area contributed by atoms with Crippen molar-refractivity contribution in [3.63, 3.8) is 0 Å². The van der Waals surface area contributed by atoms with Gasteiger partial charge in [-0.15, -0.1) is 0 Å². The fourth-order valence-corrected chi connectivity index (χ4v) is 5.69. The van der Waals surface area contributed by atoms with Gasteiger partial charge in [-0.1, -0.05) is 30.0 Å². The molecule has 0 amide bonds. The standard InChI is InChI=1S/C24H27N5S/c1-16-5-3-7-20(17(16)2)30-22-15-27-21(14-28-22)29-11-8-24(9-12-29)13-19-18(23(24)25)6-4-10-26-19/h3-7,10,14-15,23H,8-9,11-13,25H2,1-2H3. The van der Waals surface area contributed by atoms with Gasteiger partial charge in [-0.25, -0.2) is 9.97 Å². The lowest BCUT2D eigenvalue weighted by molar-refractivity contribution is 0.186. The van der Waals surface area contributed by atoms with Gasteiger partial charge in [0.15, 0.2) is 0 Å². The van der Waals surface area contributed by atoms with E-state index in [0.717, 1.165) is 43.2 Å². The summed E-state index contributed by atoms with van der Waals surface area (Å²) >= 11 is 1.68. The maximum atomic E-state index is 6.67. The number of anilines is 1. The maximum Gasteiger partial charge on any atom is 0.147 e. The molecule has 3 aromatic rings. The van der Waals surface area contributed by atoms with Crippen LogP contribution in [0.25, 0.3) is 0 Å². The third kappa shape index (κ3) is 3.38. The molecule has 0 bridgehead atoms. The third-order valence-corrected chi connectivity index (χ3v) is 7.99. The number of hydrogen-bond acceptors (Lipinski definition) is 6. The van der Waals surface area contributed by atoms with Crippen molar-refractivity contribution in [3.05, 3.63) is 71.3 Å². The first-order valence-corrected chi connectivity index (χ1v) is 11.4. The smallest absolute Gasteiger partial charge is 0.147 e. The van der Waals surface area contributed by atoms with E-state index in [2.05, 4.69) is 53.0 Å². The van der Waals surface area contributed by atoms with E-state index >= 15 is 0 Å². The minimum absolute atomic E-state index is 0.0887. The average molecular weight is 418 g/mol. The Hall–Kier alpha value is -2.44. The summed E-state index contributed by atoms with van der Waals surface area (Å²) in [4.78, 5) is 17.6. The number of aromatic nitrogens is 3. The van der Waals surface area contributed by atoms with E-state index in [1.807, 2.05) is 24.7 Å². The summed E-state index contributed by atoms with van der Waals surface area (Å²) in [6, 6.07) is 10.6. The highest BCUT2D eigenvalue weighted by molar-refractivity contribution is 7.99. The number of nitrogens with zero attached hydrogens (tertiary/aromatic N) is 4. The average Bonchev–Trinajstić information content (AvgIpc) is 3.04. The molecule has 5 rings (SSSR count). The van der Waals surface area contributed by atoms with Crippen molar-refractivity contribution < 1.29 is 0 Å². The number of pyridine rings is 1. The van der Waals surface area contributed by atoms with Gasteiger partial charge in [-0.3, -0.25) is 4.98 Å². The molecular weight excluding hydrogens is 390 g/mol. The predicted molar refractivity (Wildman–Crippen MR) is 121 cm³/mol. The predicted octanol–water partition coefficient (Wildman–Crippen LogP) is 4.48. The molecule has 5 nitrogen and oxygen atoms in total. The topological polar surface area (TPSA) is 67.9 Å². The molecule has 154 valence electrons. The van der Waals surface area contributed by atoms with Crippen molar-refractivity contribution >= 4 is 17.6 Å². The third-order valence-electron chi connectivity index (χ3n) is 6.91. The molecule has 1 aromatic carbocycles. The maximum absolute atomic E-state index is 6.67. The molecule has 2 N–H and O–H groups in total. The summed E-state index contributed by atoms with van der Waals surface area (Å²) < 4.78 is 0. The van der Waals surface area contributed by atoms with Gasteiger partial charge in [0.2, 0.25) is 0 Å². The molecule has 1 unspecified atom stereocenters. The van der Waals surface area contributed by atoms with Crippen molar-refractivity contribution in [1.29, 1.82) is 0 Å². The zero-order valence-electron chi connectivity index (χ0n) is 17.5. The normalized spacial score (nSPS) is 19.8. The van der Waals surface area contributed by atoms with Gasteiger partial charge < -0.3 is 10.6 Å². The SMILES string of the molecule is Cc1cccc(Sc2cnc(N3CCC4(CC3)Cc3ncccc3C4N)cn2)c1C.